The number of ether oxygens (including phenoxy) is 1. The van der Waals surface area contributed by atoms with E-state index in [-0.39, 0.29) is 18.0 Å². The van der Waals surface area contributed by atoms with E-state index in [0.717, 1.165) is 36.3 Å². The van der Waals surface area contributed by atoms with Gasteiger partial charge in [0.25, 0.3) is 5.69 Å². The summed E-state index contributed by atoms with van der Waals surface area (Å²) in [7, 11) is 0. The molecule has 0 radical (unpaired) electrons. The second-order valence-corrected chi connectivity index (χ2v) is 10.3. The molecule has 1 amide bonds. The van der Waals surface area contributed by atoms with E-state index in [0.29, 0.717) is 49.4 Å². The lowest BCUT2D eigenvalue weighted by Crippen LogP contribution is -2.41. The standard InChI is InChI=1S/C31H31F3N4O4/c32-31(33,34)24-8-6-23(7-9-24)26(19-30(39)35-12-13-36-14-16-42-17-15-36)28-21-37(20-22-4-2-1-3-5-22)29-11-10-25(38(40)41)18-27(28)29/h1-11,18,21,26H,12-17,19-20H2,(H,35,39). The van der Waals surface area contributed by atoms with Gasteiger partial charge in [-0.15, -0.1) is 0 Å². The van der Waals surface area contributed by atoms with Gasteiger partial charge < -0.3 is 14.6 Å². The van der Waals surface area contributed by atoms with E-state index in [1.165, 1.54) is 24.3 Å². The average molecular weight is 581 g/mol. The Morgan fingerprint density at radius 3 is 2.40 bits per heavy atom. The fourth-order valence-electron chi connectivity index (χ4n) is 5.36. The van der Waals surface area contributed by atoms with Crippen molar-refractivity contribution in [1.82, 2.24) is 14.8 Å². The van der Waals surface area contributed by atoms with Crippen molar-refractivity contribution in [2.75, 3.05) is 39.4 Å². The van der Waals surface area contributed by atoms with Crippen LogP contribution in [0, 0.1) is 10.1 Å². The number of hydrogen-bond acceptors (Lipinski definition) is 5. The van der Waals surface area contributed by atoms with E-state index in [1.54, 1.807) is 6.07 Å². The number of carbonyl (C=O) groups is 1. The molecule has 0 bridgehead atoms. The van der Waals surface area contributed by atoms with Gasteiger partial charge in [-0.3, -0.25) is 19.8 Å². The first-order chi connectivity index (χ1) is 20.2. The van der Waals surface area contributed by atoms with Crippen LogP contribution in [0.3, 0.4) is 0 Å². The summed E-state index contributed by atoms with van der Waals surface area (Å²) in [6, 6.07) is 19.0. The molecule has 8 nitrogen and oxygen atoms in total. The molecule has 42 heavy (non-hydrogen) atoms. The second kappa shape index (κ2) is 12.7. The zero-order valence-corrected chi connectivity index (χ0v) is 22.8. The smallest absolute Gasteiger partial charge is 0.379 e. The van der Waals surface area contributed by atoms with E-state index in [4.69, 9.17) is 4.74 Å². The Labute approximate surface area is 240 Å². The summed E-state index contributed by atoms with van der Waals surface area (Å²) in [5, 5.41) is 15.2. The minimum Gasteiger partial charge on any atom is -0.379 e. The van der Waals surface area contributed by atoms with Crippen molar-refractivity contribution < 1.29 is 27.6 Å². The number of aromatic nitrogens is 1. The van der Waals surface area contributed by atoms with Gasteiger partial charge in [0.15, 0.2) is 0 Å². The van der Waals surface area contributed by atoms with Gasteiger partial charge in [-0.05, 0) is 34.9 Å². The fourth-order valence-corrected chi connectivity index (χ4v) is 5.36. The number of nitro benzene ring substituents is 1. The molecule has 2 heterocycles. The molecule has 1 aliphatic rings. The summed E-state index contributed by atoms with van der Waals surface area (Å²) in [6.45, 7) is 4.39. The van der Waals surface area contributed by atoms with Crippen LogP contribution in [0.5, 0.6) is 0 Å². The number of amides is 1. The molecule has 1 saturated heterocycles. The number of hydrogen-bond donors (Lipinski definition) is 1. The molecule has 1 N–H and O–H groups in total. The summed E-state index contributed by atoms with van der Waals surface area (Å²) in [5.74, 6) is -0.903. The Hall–Kier alpha value is -4.22. The molecular formula is C31H31F3N4O4. The predicted molar refractivity (Wildman–Crippen MR) is 152 cm³/mol. The molecule has 1 unspecified atom stereocenters. The van der Waals surface area contributed by atoms with Gasteiger partial charge in [-0.2, -0.15) is 13.2 Å². The average Bonchev–Trinajstić information content (AvgIpc) is 3.33. The number of nitrogens with zero attached hydrogens (tertiary/aromatic N) is 3. The highest BCUT2D eigenvalue weighted by atomic mass is 19.4. The predicted octanol–water partition coefficient (Wildman–Crippen LogP) is 5.59. The van der Waals surface area contributed by atoms with Crippen LogP contribution in [0.15, 0.2) is 79.0 Å². The van der Waals surface area contributed by atoms with E-state index in [2.05, 4.69) is 10.2 Å². The molecule has 3 aromatic carbocycles. The third-order valence-electron chi connectivity index (χ3n) is 7.56. The molecule has 5 rings (SSSR count). The van der Waals surface area contributed by atoms with Gasteiger partial charge in [0.2, 0.25) is 5.91 Å². The first-order valence-electron chi connectivity index (χ1n) is 13.7. The summed E-state index contributed by atoms with van der Waals surface area (Å²) in [6.07, 6.45) is -2.69. The second-order valence-electron chi connectivity index (χ2n) is 10.3. The number of halogens is 3. The SMILES string of the molecule is O=C(CC(c1ccc(C(F)(F)F)cc1)c1cn(Cc2ccccc2)c2ccc([N+](=O)[O-])cc12)NCCN1CCOCC1. The van der Waals surface area contributed by atoms with Crippen LogP contribution in [-0.4, -0.2) is 59.7 Å². The summed E-state index contributed by atoms with van der Waals surface area (Å²) in [5.41, 5.74) is 1.98. The zero-order valence-electron chi connectivity index (χ0n) is 22.8. The van der Waals surface area contributed by atoms with Crippen molar-refractivity contribution in [3.63, 3.8) is 0 Å². The van der Waals surface area contributed by atoms with Crippen LogP contribution in [-0.2, 0) is 22.3 Å². The number of fused-ring (bicyclic) bond motifs is 1. The highest BCUT2D eigenvalue weighted by molar-refractivity contribution is 5.88. The molecule has 4 aromatic rings. The number of morpholine rings is 1. The molecule has 0 saturated carbocycles. The first kappa shape index (κ1) is 29.3. The van der Waals surface area contributed by atoms with Crippen molar-refractivity contribution >= 4 is 22.5 Å². The van der Waals surface area contributed by atoms with Crippen LogP contribution in [0.4, 0.5) is 18.9 Å². The monoisotopic (exact) mass is 580 g/mol. The Kier molecular flexibility index (Phi) is 8.89. The maximum Gasteiger partial charge on any atom is 0.416 e. The van der Waals surface area contributed by atoms with Gasteiger partial charge in [-0.1, -0.05) is 42.5 Å². The number of nitro groups is 1. The third kappa shape index (κ3) is 6.97. The Balaban J connectivity index is 1.51. The Bertz CT molecular complexity index is 1530. The van der Waals surface area contributed by atoms with Gasteiger partial charge in [-0.25, -0.2) is 0 Å². The molecule has 1 aliphatic heterocycles. The number of nitrogens with one attached hydrogen (secondary N) is 1. The lowest BCUT2D eigenvalue weighted by atomic mass is 9.87. The van der Waals surface area contributed by atoms with Gasteiger partial charge in [0.05, 0.1) is 23.7 Å². The molecule has 11 heteroatoms. The minimum atomic E-state index is -4.50. The maximum absolute atomic E-state index is 13.3. The van der Waals surface area contributed by atoms with Crippen molar-refractivity contribution in [3.8, 4) is 0 Å². The largest absolute Gasteiger partial charge is 0.416 e. The molecular weight excluding hydrogens is 549 g/mol. The fraction of sp³-hybridized carbons (Fsp3) is 0.323. The van der Waals surface area contributed by atoms with E-state index in [9.17, 15) is 28.1 Å². The summed E-state index contributed by atoms with van der Waals surface area (Å²) < 4.78 is 47.3. The molecule has 1 aromatic heterocycles. The van der Waals surface area contributed by atoms with Crippen LogP contribution < -0.4 is 5.32 Å². The summed E-state index contributed by atoms with van der Waals surface area (Å²) >= 11 is 0. The van der Waals surface area contributed by atoms with Crippen LogP contribution in [0.25, 0.3) is 10.9 Å². The number of alkyl halides is 3. The minimum absolute atomic E-state index is 0.0401. The number of benzene rings is 3. The lowest BCUT2D eigenvalue weighted by molar-refractivity contribution is -0.384. The molecule has 0 aliphatic carbocycles. The van der Waals surface area contributed by atoms with Crippen LogP contribution >= 0.6 is 0 Å². The molecule has 0 spiro atoms. The van der Waals surface area contributed by atoms with Gasteiger partial charge in [0, 0.05) is 74.3 Å². The molecule has 1 fully saturated rings. The van der Waals surface area contributed by atoms with Crippen molar-refractivity contribution in [2.24, 2.45) is 0 Å². The van der Waals surface area contributed by atoms with Crippen molar-refractivity contribution in [2.45, 2.75) is 25.1 Å². The molecule has 1 atom stereocenters. The number of non-ortho nitro benzene ring substituents is 1. The molecule has 220 valence electrons. The zero-order chi connectivity index (χ0) is 29.7. The van der Waals surface area contributed by atoms with E-state index < -0.39 is 22.6 Å². The van der Waals surface area contributed by atoms with Crippen molar-refractivity contribution in [1.29, 1.82) is 0 Å². The van der Waals surface area contributed by atoms with Crippen molar-refractivity contribution in [3.05, 3.63) is 111 Å². The first-order valence-corrected chi connectivity index (χ1v) is 13.7. The highest BCUT2D eigenvalue weighted by Crippen LogP contribution is 2.38. The Morgan fingerprint density at radius 2 is 1.74 bits per heavy atom. The van der Waals surface area contributed by atoms with Gasteiger partial charge >= 0.3 is 6.18 Å². The topological polar surface area (TPSA) is 89.6 Å². The van der Waals surface area contributed by atoms with E-state index >= 15 is 0 Å². The maximum atomic E-state index is 13.3. The quantitative estimate of drug-likeness (QED) is 0.195. The van der Waals surface area contributed by atoms with Crippen LogP contribution in [0.2, 0.25) is 0 Å². The lowest BCUT2D eigenvalue weighted by Gasteiger charge is -2.26. The normalized spacial score (nSPS) is 15.0. The third-order valence-corrected chi connectivity index (χ3v) is 7.56. The van der Waals surface area contributed by atoms with Crippen LogP contribution in [0.1, 0.15) is 34.6 Å². The summed E-state index contributed by atoms with van der Waals surface area (Å²) in [4.78, 5) is 26.6. The Morgan fingerprint density at radius 1 is 1.02 bits per heavy atom. The highest BCUT2D eigenvalue weighted by Gasteiger charge is 2.31. The van der Waals surface area contributed by atoms with E-state index in [1.807, 2.05) is 41.1 Å². The number of rotatable bonds is 10. The number of carbonyl (C=O) groups excluding carboxylic acids is 1. The van der Waals surface area contributed by atoms with Gasteiger partial charge in [0.1, 0.15) is 0 Å².